The molecule has 236 valence electrons. The summed E-state index contributed by atoms with van der Waals surface area (Å²) >= 11 is 0. The number of aliphatic hydroxyl groups is 1. The van der Waals surface area contributed by atoms with E-state index in [0.717, 1.165) is 11.0 Å². The lowest BCUT2D eigenvalue weighted by Gasteiger charge is -2.49. The summed E-state index contributed by atoms with van der Waals surface area (Å²) < 4.78 is 87.0. The number of ether oxygens (including phenoxy) is 1. The van der Waals surface area contributed by atoms with Gasteiger partial charge in [-0.3, -0.25) is 9.69 Å². The molecule has 1 saturated heterocycles. The topological polar surface area (TPSA) is 67.6 Å². The van der Waals surface area contributed by atoms with Gasteiger partial charge < -0.3 is 14.4 Å². The van der Waals surface area contributed by atoms with Gasteiger partial charge in [0.15, 0.2) is 24.1 Å². The second-order valence-electron chi connectivity index (χ2n) is 11.2. The number of aliphatic hydroxyl groups excluding tert-OH is 1. The van der Waals surface area contributed by atoms with Crippen LogP contribution in [0, 0.1) is 34.7 Å². The first-order chi connectivity index (χ1) is 20.6. The fourth-order valence-corrected chi connectivity index (χ4v) is 5.57. The molecule has 1 N–H and O–H groups in total. The maximum atomic E-state index is 14.6. The molecule has 1 aliphatic carbocycles. The molecular formula is C32H33F6N3O3. The van der Waals surface area contributed by atoms with Gasteiger partial charge in [-0.15, -0.1) is 0 Å². The van der Waals surface area contributed by atoms with Crippen molar-refractivity contribution in [2.45, 2.75) is 45.5 Å². The third-order valence-corrected chi connectivity index (χ3v) is 8.02. The third-order valence-electron chi connectivity index (χ3n) is 8.02. The lowest BCUT2D eigenvalue weighted by atomic mass is 9.65. The highest BCUT2D eigenvalue weighted by Gasteiger charge is 2.52. The summed E-state index contributed by atoms with van der Waals surface area (Å²) in [6.45, 7) is 5.96. The average Bonchev–Trinajstić information content (AvgIpc) is 3.39. The number of allylic oxidation sites excluding steroid dienone is 7. The van der Waals surface area contributed by atoms with Gasteiger partial charge in [-0.2, -0.15) is 13.2 Å². The van der Waals surface area contributed by atoms with E-state index in [0.29, 0.717) is 18.1 Å². The molecule has 4 unspecified atom stereocenters. The molecule has 0 spiro atoms. The molecule has 12 heteroatoms. The van der Waals surface area contributed by atoms with Gasteiger partial charge in [-0.05, 0) is 55.5 Å². The molecule has 2 aromatic rings. The minimum Gasteiger partial charge on any atom is -0.484 e. The van der Waals surface area contributed by atoms with Crippen molar-refractivity contribution >= 4 is 11.7 Å². The van der Waals surface area contributed by atoms with Crippen LogP contribution >= 0.6 is 0 Å². The van der Waals surface area contributed by atoms with Crippen LogP contribution in [0.15, 0.2) is 84.6 Å². The van der Waals surface area contributed by atoms with Crippen LogP contribution in [-0.2, 0) is 23.0 Å². The molecular weight excluding hydrogens is 588 g/mol. The molecule has 6 nitrogen and oxygen atoms in total. The van der Waals surface area contributed by atoms with Gasteiger partial charge >= 0.3 is 6.18 Å². The summed E-state index contributed by atoms with van der Waals surface area (Å²) in [7, 11) is 1.69. The normalized spacial score (nSPS) is 25.2. The number of piperidine rings is 1. The predicted octanol–water partition coefficient (Wildman–Crippen LogP) is 6.86. The number of hydrogen-bond donors (Lipinski definition) is 1. The molecule has 1 aromatic heterocycles. The quantitative estimate of drug-likeness (QED) is 0.144. The minimum absolute atomic E-state index is 0.00901. The van der Waals surface area contributed by atoms with Crippen LogP contribution < -0.4 is 4.90 Å². The highest BCUT2D eigenvalue weighted by atomic mass is 19.4. The van der Waals surface area contributed by atoms with Crippen molar-refractivity contribution in [3.8, 4) is 0 Å². The van der Waals surface area contributed by atoms with Gasteiger partial charge in [-0.25, -0.2) is 18.2 Å². The zero-order chi connectivity index (χ0) is 32.4. The molecule has 0 radical (unpaired) electrons. The van der Waals surface area contributed by atoms with E-state index < -0.39 is 59.6 Å². The van der Waals surface area contributed by atoms with Crippen molar-refractivity contribution in [3.05, 3.63) is 108 Å². The zero-order valence-corrected chi connectivity index (χ0v) is 24.4. The molecule has 1 aliphatic heterocycles. The maximum Gasteiger partial charge on any atom is 0.422 e. The van der Waals surface area contributed by atoms with Crippen LogP contribution in [0.4, 0.5) is 32.2 Å². The number of benzene rings is 1. The Kier molecular flexibility index (Phi) is 9.62. The van der Waals surface area contributed by atoms with E-state index in [1.165, 1.54) is 18.5 Å². The first-order valence-electron chi connectivity index (χ1n) is 13.9. The smallest absolute Gasteiger partial charge is 0.422 e. The highest BCUT2D eigenvalue weighted by molar-refractivity contribution is 6.07. The Bertz CT molecular complexity index is 1540. The molecule has 44 heavy (non-hydrogen) atoms. The Hall–Kier alpha value is -4.06. The SMILES string of the molecule is C=C(C=CC1C(=CC)C(=O)N(c2cn(C)cn2)C(O)C1(C)CCc1cc(F)cc(F)c1F)C1C=C(OCC(F)(F)F)C=CC1. The van der Waals surface area contributed by atoms with Gasteiger partial charge in [0.25, 0.3) is 5.91 Å². The molecule has 1 aromatic carbocycles. The number of hydrogen-bond acceptors (Lipinski definition) is 4. The molecule has 4 rings (SSSR count). The number of halogens is 6. The molecule has 2 aliphatic rings. The van der Waals surface area contributed by atoms with Gasteiger partial charge in [0.2, 0.25) is 0 Å². The number of aromatic nitrogens is 2. The average molecular weight is 622 g/mol. The van der Waals surface area contributed by atoms with Crippen molar-refractivity contribution in [3.63, 3.8) is 0 Å². The van der Waals surface area contributed by atoms with Crippen LogP contribution in [-0.4, -0.2) is 39.6 Å². The van der Waals surface area contributed by atoms with E-state index >= 15 is 0 Å². The van der Waals surface area contributed by atoms with E-state index in [1.54, 1.807) is 56.0 Å². The number of alkyl halides is 3. The summed E-state index contributed by atoms with van der Waals surface area (Å²) in [5.41, 5.74) is -0.668. The summed E-state index contributed by atoms with van der Waals surface area (Å²) in [5.74, 6) is -4.98. The first kappa shape index (κ1) is 32.8. The van der Waals surface area contributed by atoms with E-state index in [2.05, 4.69) is 11.6 Å². The van der Waals surface area contributed by atoms with E-state index in [1.807, 2.05) is 0 Å². The van der Waals surface area contributed by atoms with Gasteiger partial charge in [0.1, 0.15) is 17.8 Å². The van der Waals surface area contributed by atoms with E-state index in [9.17, 15) is 36.2 Å². The molecule has 2 heterocycles. The standard InChI is InChI=1S/C32H33F6N3O3/c1-5-24-25(10-9-19(2)20-7-6-8-23(14-20)44-17-32(36,37)38)31(3,12-11-21-13-22(33)15-26(34)28(21)35)30(43)41(29(24)42)27-16-40(4)18-39-27/h5-6,8-10,13-16,18,20,25,30,43H,2,7,11-12,17H2,1,3-4H3. The molecule has 0 bridgehead atoms. The molecule has 1 fully saturated rings. The summed E-state index contributed by atoms with van der Waals surface area (Å²) in [4.78, 5) is 19.1. The maximum absolute atomic E-state index is 14.6. The molecule has 1 amide bonds. The summed E-state index contributed by atoms with van der Waals surface area (Å²) in [5, 5.41) is 11.7. The van der Waals surface area contributed by atoms with Crippen molar-refractivity contribution in [1.82, 2.24) is 9.55 Å². The second-order valence-corrected chi connectivity index (χ2v) is 11.2. The number of amides is 1. The number of imidazole rings is 1. The largest absolute Gasteiger partial charge is 0.484 e. The number of nitrogens with zero attached hydrogens (tertiary/aromatic N) is 3. The zero-order valence-electron chi connectivity index (χ0n) is 24.4. The summed E-state index contributed by atoms with van der Waals surface area (Å²) in [6.07, 6.45) is 6.83. The van der Waals surface area contributed by atoms with E-state index in [4.69, 9.17) is 4.74 Å². The monoisotopic (exact) mass is 621 g/mol. The fourth-order valence-electron chi connectivity index (χ4n) is 5.57. The Labute approximate surface area is 251 Å². The number of carbonyl (C=O) groups excluding carboxylic acids is 1. The van der Waals surface area contributed by atoms with Crippen LogP contribution in [0.1, 0.15) is 32.3 Å². The summed E-state index contributed by atoms with van der Waals surface area (Å²) in [6, 6.07) is 1.34. The number of anilines is 1. The van der Waals surface area contributed by atoms with Crippen LogP contribution in [0.25, 0.3) is 0 Å². The van der Waals surface area contributed by atoms with Crippen molar-refractivity contribution in [2.24, 2.45) is 24.3 Å². The van der Waals surface area contributed by atoms with Crippen LogP contribution in [0.3, 0.4) is 0 Å². The van der Waals surface area contributed by atoms with Gasteiger partial charge in [-0.1, -0.05) is 37.8 Å². The van der Waals surface area contributed by atoms with Crippen molar-refractivity contribution in [2.75, 3.05) is 11.5 Å². The lowest BCUT2D eigenvalue weighted by molar-refractivity contribution is -0.163. The van der Waals surface area contributed by atoms with Crippen molar-refractivity contribution < 1.29 is 41.0 Å². The fraction of sp³-hybridized carbons (Fsp3) is 0.375. The third kappa shape index (κ3) is 7.01. The Morgan fingerprint density at radius 3 is 2.64 bits per heavy atom. The number of carbonyl (C=O) groups is 1. The van der Waals surface area contributed by atoms with Gasteiger partial charge in [0.05, 0.1) is 6.33 Å². The van der Waals surface area contributed by atoms with Crippen LogP contribution in [0.5, 0.6) is 0 Å². The molecule has 4 atom stereocenters. The lowest BCUT2D eigenvalue weighted by Crippen LogP contribution is -2.59. The van der Waals surface area contributed by atoms with Crippen molar-refractivity contribution in [1.29, 1.82) is 0 Å². The highest BCUT2D eigenvalue weighted by Crippen LogP contribution is 2.48. The Morgan fingerprint density at radius 1 is 1.27 bits per heavy atom. The first-order valence-corrected chi connectivity index (χ1v) is 13.9. The number of rotatable bonds is 9. The van der Waals surface area contributed by atoms with Gasteiger partial charge in [0, 0.05) is 42.1 Å². The Balaban J connectivity index is 1.68. The minimum atomic E-state index is -4.50. The Morgan fingerprint density at radius 2 is 2.00 bits per heavy atom. The predicted molar refractivity (Wildman–Crippen MR) is 152 cm³/mol. The van der Waals surface area contributed by atoms with E-state index in [-0.39, 0.29) is 35.6 Å². The van der Waals surface area contributed by atoms with Crippen LogP contribution in [0.2, 0.25) is 0 Å². The second kappa shape index (κ2) is 12.9. The number of aryl methyl sites for hydroxylation is 2. The molecule has 0 saturated carbocycles.